The van der Waals surface area contributed by atoms with Gasteiger partial charge in [-0.15, -0.1) is 0 Å². The molecule has 0 saturated heterocycles. The van der Waals surface area contributed by atoms with E-state index in [9.17, 15) is 9.59 Å². The summed E-state index contributed by atoms with van der Waals surface area (Å²) in [5, 5.41) is 31.8. The van der Waals surface area contributed by atoms with E-state index in [1.54, 1.807) is 20.8 Å². The maximum atomic E-state index is 9.37. The lowest BCUT2D eigenvalue weighted by molar-refractivity contribution is -0.137. The van der Waals surface area contributed by atoms with Gasteiger partial charge in [-0.25, -0.2) is 0 Å². The Hall–Kier alpha value is -1.14. The number of carbonyl (C=O) groups is 2. The highest BCUT2D eigenvalue weighted by Crippen LogP contribution is 1.85. The number of hydrogen-bond donors (Lipinski definition) is 4. The quantitative estimate of drug-likeness (QED) is 0.569. The van der Waals surface area contributed by atoms with Crippen molar-refractivity contribution in [3.05, 3.63) is 0 Å². The molecular formula is C10H22O6. The fourth-order valence-electron chi connectivity index (χ4n) is 0.0577. The third-order valence-electron chi connectivity index (χ3n) is 1.23. The molecule has 0 heterocycles. The van der Waals surface area contributed by atoms with Crippen molar-refractivity contribution in [1.29, 1.82) is 0 Å². The van der Waals surface area contributed by atoms with Gasteiger partial charge in [0.2, 0.25) is 0 Å². The highest BCUT2D eigenvalue weighted by molar-refractivity contribution is 5.66. The van der Waals surface area contributed by atoms with E-state index in [0.29, 0.717) is 0 Å². The standard InChI is InChI=1S/C4H10O2.2C3H6O2/c1-4(2-5)3-6;2*1-2-3(4)5/h4-6H,2-3H2,1H3;2*2H2,1H3,(H,4,5). The van der Waals surface area contributed by atoms with Gasteiger partial charge < -0.3 is 20.4 Å². The first-order valence-corrected chi connectivity index (χ1v) is 5.00. The summed E-state index contributed by atoms with van der Waals surface area (Å²) in [6.45, 7) is 5.14. The summed E-state index contributed by atoms with van der Waals surface area (Å²) in [4.78, 5) is 18.7. The van der Waals surface area contributed by atoms with E-state index in [2.05, 4.69) is 0 Å². The van der Waals surface area contributed by atoms with Crippen molar-refractivity contribution in [2.24, 2.45) is 5.92 Å². The molecule has 0 aliphatic carbocycles. The summed E-state index contributed by atoms with van der Waals surface area (Å²) in [6.07, 6.45) is 0.444. The van der Waals surface area contributed by atoms with Crippen LogP contribution in [-0.4, -0.2) is 45.6 Å². The summed E-state index contributed by atoms with van der Waals surface area (Å²) in [5.41, 5.74) is 0. The third-order valence-corrected chi connectivity index (χ3v) is 1.23. The normalized spacial score (nSPS) is 8.38. The molecule has 98 valence electrons. The maximum absolute atomic E-state index is 9.37. The van der Waals surface area contributed by atoms with Gasteiger partial charge in [0.15, 0.2) is 0 Å². The Morgan fingerprint density at radius 1 is 0.938 bits per heavy atom. The van der Waals surface area contributed by atoms with Gasteiger partial charge in [0, 0.05) is 32.0 Å². The van der Waals surface area contributed by atoms with Crippen molar-refractivity contribution in [3.8, 4) is 0 Å². The molecule has 16 heavy (non-hydrogen) atoms. The minimum atomic E-state index is -0.745. The number of aliphatic carboxylic acids is 2. The fraction of sp³-hybridized carbons (Fsp3) is 0.800. The molecule has 0 unspecified atom stereocenters. The molecule has 0 amide bonds. The minimum absolute atomic E-state index is 0.0463. The van der Waals surface area contributed by atoms with E-state index in [-0.39, 0.29) is 32.0 Å². The average molecular weight is 238 g/mol. The van der Waals surface area contributed by atoms with Crippen LogP contribution in [0, 0.1) is 5.92 Å². The van der Waals surface area contributed by atoms with Gasteiger partial charge in [-0.05, 0) is 0 Å². The van der Waals surface area contributed by atoms with Crippen LogP contribution in [-0.2, 0) is 9.59 Å². The van der Waals surface area contributed by atoms with Crippen molar-refractivity contribution in [1.82, 2.24) is 0 Å². The van der Waals surface area contributed by atoms with Gasteiger partial charge in [0.1, 0.15) is 0 Å². The second-order valence-corrected chi connectivity index (χ2v) is 2.96. The van der Waals surface area contributed by atoms with Crippen molar-refractivity contribution in [3.63, 3.8) is 0 Å². The van der Waals surface area contributed by atoms with Crippen LogP contribution in [0.15, 0.2) is 0 Å². The topological polar surface area (TPSA) is 115 Å². The Bertz CT molecular complexity index is 151. The van der Waals surface area contributed by atoms with Crippen LogP contribution in [0.2, 0.25) is 0 Å². The monoisotopic (exact) mass is 238 g/mol. The lowest BCUT2D eigenvalue weighted by atomic mass is 10.2. The van der Waals surface area contributed by atoms with Crippen LogP contribution in [0.4, 0.5) is 0 Å². The number of aliphatic hydroxyl groups is 2. The molecular weight excluding hydrogens is 216 g/mol. The van der Waals surface area contributed by atoms with Crippen molar-refractivity contribution >= 4 is 11.9 Å². The highest BCUT2D eigenvalue weighted by atomic mass is 16.4. The molecule has 4 N–H and O–H groups in total. The smallest absolute Gasteiger partial charge is 0.303 e. The Morgan fingerprint density at radius 2 is 1.12 bits per heavy atom. The summed E-state index contributed by atoms with van der Waals surface area (Å²) in [7, 11) is 0. The zero-order chi connectivity index (χ0) is 13.6. The first-order valence-electron chi connectivity index (χ1n) is 5.00. The van der Waals surface area contributed by atoms with Gasteiger partial charge >= 0.3 is 11.9 Å². The molecule has 0 fully saturated rings. The average Bonchev–Trinajstić information content (AvgIpc) is 2.29. The Morgan fingerprint density at radius 3 is 1.12 bits per heavy atom. The van der Waals surface area contributed by atoms with Crippen LogP contribution in [0.1, 0.15) is 33.6 Å². The van der Waals surface area contributed by atoms with Crippen molar-refractivity contribution in [2.45, 2.75) is 33.6 Å². The second kappa shape index (κ2) is 16.3. The molecule has 0 aromatic heterocycles. The van der Waals surface area contributed by atoms with Crippen LogP contribution >= 0.6 is 0 Å². The Balaban J connectivity index is -0.000000160. The van der Waals surface area contributed by atoms with Gasteiger partial charge in [-0.1, -0.05) is 20.8 Å². The first kappa shape index (κ1) is 20.3. The molecule has 0 aromatic rings. The SMILES string of the molecule is CC(CO)CO.CCC(=O)O.CCC(=O)O. The molecule has 0 aliphatic heterocycles. The maximum Gasteiger partial charge on any atom is 0.303 e. The molecule has 0 radical (unpaired) electrons. The summed E-state index contributed by atoms with van der Waals surface area (Å²) >= 11 is 0. The van der Waals surface area contributed by atoms with Gasteiger partial charge in [-0.2, -0.15) is 0 Å². The molecule has 0 saturated carbocycles. The summed E-state index contributed by atoms with van der Waals surface area (Å²) in [6, 6.07) is 0. The van der Waals surface area contributed by atoms with E-state index in [1.165, 1.54) is 0 Å². The van der Waals surface area contributed by atoms with E-state index in [0.717, 1.165) is 0 Å². The lowest BCUT2D eigenvalue weighted by Gasteiger charge is -1.97. The summed E-state index contributed by atoms with van der Waals surface area (Å²) < 4.78 is 0. The van der Waals surface area contributed by atoms with Crippen LogP contribution in [0.5, 0.6) is 0 Å². The number of hydrogen-bond acceptors (Lipinski definition) is 4. The molecule has 0 bridgehead atoms. The van der Waals surface area contributed by atoms with Crippen LogP contribution < -0.4 is 0 Å². The van der Waals surface area contributed by atoms with Gasteiger partial charge in [0.05, 0.1) is 0 Å². The predicted molar refractivity (Wildman–Crippen MR) is 59.2 cm³/mol. The third kappa shape index (κ3) is 38.4. The van der Waals surface area contributed by atoms with Crippen molar-refractivity contribution in [2.75, 3.05) is 13.2 Å². The first-order chi connectivity index (χ1) is 7.35. The second-order valence-electron chi connectivity index (χ2n) is 2.96. The van der Waals surface area contributed by atoms with Gasteiger partial charge in [0.25, 0.3) is 0 Å². The Labute approximate surface area is 95.5 Å². The molecule has 0 atom stereocenters. The van der Waals surface area contributed by atoms with E-state index < -0.39 is 11.9 Å². The molecule has 0 rings (SSSR count). The molecule has 6 heteroatoms. The zero-order valence-electron chi connectivity index (χ0n) is 10.0. The largest absolute Gasteiger partial charge is 0.481 e. The minimum Gasteiger partial charge on any atom is -0.481 e. The highest BCUT2D eigenvalue weighted by Gasteiger charge is 1.91. The predicted octanol–water partition coefficient (Wildman–Crippen LogP) is 0.569. The molecule has 6 nitrogen and oxygen atoms in total. The number of carboxylic acids is 2. The van der Waals surface area contributed by atoms with E-state index in [4.69, 9.17) is 20.4 Å². The number of aliphatic hydroxyl groups excluding tert-OH is 2. The van der Waals surface area contributed by atoms with E-state index >= 15 is 0 Å². The zero-order valence-corrected chi connectivity index (χ0v) is 10.0. The van der Waals surface area contributed by atoms with Gasteiger partial charge in [-0.3, -0.25) is 9.59 Å². The fourth-order valence-corrected chi connectivity index (χ4v) is 0.0577. The molecule has 0 aliphatic rings. The van der Waals surface area contributed by atoms with Crippen LogP contribution in [0.25, 0.3) is 0 Å². The lowest BCUT2D eigenvalue weighted by Crippen LogP contribution is -2.04. The number of carboxylic acid groups (broad SMARTS) is 2. The molecule has 0 spiro atoms. The Kier molecular flexibility index (Phi) is 20.7. The van der Waals surface area contributed by atoms with Crippen molar-refractivity contribution < 1.29 is 30.0 Å². The van der Waals surface area contributed by atoms with Crippen LogP contribution in [0.3, 0.4) is 0 Å². The van der Waals surface area contributed by atoms with E-state index in [1.807, 2.05) is 0 Å². The summed E-state index contributed by atoms with van der Waals surface area (Å²) in [5.74, 6) is -1.44. The number of rotatable bonds is 4. The molecule has 0 aromatic carbocycles.